The van der Waals surface area contributed by atoms with E-state index in [1.807, 2.05) is 30.3 Å². The van der Waals surface area contributed by atoms with Gasteiger partial charge in [-0.25, -0.2) is 0 Å². The van der Waals surface area contributed by atoms with Gasteiger partial charge in [0.1, 0.15) is 5.52 Å². The van der Waals surface area contributed by atoms with Gasteiger partial charge in [0.2, 0.25) is 0 Å². The molecule has 1 aliphatic heterocycles. The molecule has 0 saturated carbocycles. The summed E-state index contributed by atoms with van der Waals surface area (Å²) in [5, 5.41) is 5.34. The van der Waals surface area contributed by atoms with Gasteiger partial charge >= 0.3 is 0 Å². The lowest BCUT2D eigenvalue weighted by Crippen LogP contribution is -2.01. The third kappa shape index (κ3) is 1.69. The lowest BCUT2D eigenvalue weighted by molar-refractivity contribution is 0.200. The normalized spacial score (nSPS) is 14.6. The number of para-hydroxylation sites is 1. The lowest BCUT2D eigenvalue weighted by Gasteiger charge is -2.05. The van der Waals surface area contributed by atoms with Crippen LogP contribution in [0.4, 0.5) is 0 Å². The van der Waals surface area contributed by atoms with Crippen LogP contribution in [0, 0.1) is 0 Å². The van der Waals surface area contributed by atoms with Crippen LogP contribution in [0.5, 0.6) is 5.75 Å². The van der Waals surface area contributed by atoms with E-state index in [0.29, 0.717) is 16.9 Å². The molecule has 1 aliphatic rings. The number of aromatic nitrogens is 1. The summed E-state index contributed by atoms with van der Waals surface area (Å²) in [4.78, 5) is 9.14. The highest BCUT2D eigenvalue weighted by Gasteiger charge is 2.13. The summed E-state index contributed by atoms with van der Waals surface area (Å²) in [5.74, 6) is 1.21. The molecule has 2 aromatic rings. The SMILES string of the molecule is c1cnc2c(OC3=NOCS3)cccc2c1. The number of pyridine rings is 1. The van der Waals surface area contributed by atoms with Crippen LogP contribution in [0.1, 0.15) is 0 Å². The van der Waals surface area contributed by atoms with E-state index in [4.69, 9.17) is 9.57 Å². The van der Waals surface area contributed by atoms with Crippen molar-refractivity contribution < 1.29 is 9.57 Å². The van der Waals surface area contributed by atoms with E-state index < -0.39 is 0 Å². The Morgan fingerprint density at radius 2 is 2.19 bits per heavy atom. The molecule has 0 N–H and O–H groups in total. The Bertz CT molecular complexity index is 551. The van der Waals surface area contributed by atoms with Crippen LogP contribution in [0.3, 0.4) is 0 Å². The Morgan fingerprint density at radius 1 is 1.25 bits per heavy atom. The molecule has 0 aliphatic carbocycles. The highest BCUT2D eigenvalue weighted by Crippen LogP contribution is 2.25. The highest BCUT2D eigenvalue weighted by molar-refractivity contribution is 8.13. The van der Waals surface area contributed by atoms with Gasteiger partial charge < -0.3 is 9.57 Å². The molecule has 0 saturated heterocycles. The van der Waals surface area contributed by atoms with E-state index in [-0.39, 0.29) is 0 Å². The standard InChI is InChI=1S/C11H8N2O2S/c1-3-8-4-2-6-12-10(8)9(5-1)15-11-13-14-7-16-11/h1-6H,7H2. The van der Waals surface area contributed by atoms with Gasteiger partial charge in [0.25, 0.3) is 5.23 Å². The van der Waals surface area contributed by atoms with Gasteiger partial charge in [-0.05, 0) is 29.1 Å². The Morgan fingerprint density at radius 3 is 3.06 bits per heavy atom. The van der Waals surface area contributed by atoms with Crippen LogP contribution in [0.25, 0.3) is 10.9 Å². The third-order valence-corrected chi connectivity index (χ3v) is 2.80. The fraction of sp³-hybridized carbons (Fsp3) is 0.0909. The number of benzene rings is 1. The topological polar surface area (TPSA) is 43.7 Å². The Hall–Kier alpha value is -1.75. The first-order valence-electron chi connectivity index (χ1n) is 4.78. The zero-order valence-electron chi connectivity index (χ0n) is 8.29. The van der Waals surface area contributed by atoms with Crippen LogP contribution < -0.4 is 4.74 Å². The summed E-state index contributed by atoms with van der Waals surface area (Å²) >= 11 is 1.42. The average Bonchev–Trinajstić information content (AvgIpc) is 2.82. The van der Waals surface area contributed by atoms with Crippen molar-refractivity contribution in [1.29, 1.82) is 0 Å². The van der Waals surface area contributed by atoms with Crippen LogP contribution in [0.2, 0.25) is 0 Å². The average molecular weight is 232 g/mol. The minimum absolute atomic E-state index is 0.507. The maximum Gasteiger partial charge on any atom is 0.295 e. The van der Waals surface area contributed by atoms with E-state index in [0.717, 1.165) is 10.9 Å². The number of rotatable bonds is 1. The van der Waals surface area contributed by atoms with Gasteiger partial charge in [0.05, 0.1) is 0 Å². The molecular formula is C11H8N2O2S. The lowest BCUT2D eigenvalue weighted by atomic mass is 10.2. The van der Waals surface area contributed by atoms with Crippen molar-refractivity contribution in [1.82, 2.24) is 4.98 Å². The third-order valence-electron chi connectivity index (χ3n) is 2.17. The first-order valence-corrected chi connectivity index (χ1v) is 5.76. The summed E-state index contributed by atoms with van der Waals surface area (Å²) in [6.07, 6.45) is 1.75. The summed E-state index contributed by atoms with van der Waals surface area (Å²) in [6, 6.07) is 9.69. The number of fused-ring (bicyclic) bond motifs is 1. The molecule has 3 rings (SSSR count). The first-order chi connectivity index (χ1) is 7.93. The predicted molar refractivity (Wildman–Crippen MR) is 63.3 cm³/mol. The molecule has 0 bridgehead atoms. The van der Waals surface area contributed by atoms with Crippen molar-refractivity contribution >= 4 is 27.9 Å². The predicted octanol–water partition coefficient (Wildman–Crippen LogP) is 2.61. The molecule has 0 fully saturated rings. The van der Waals surface area contributed by atoms with E-state index >= 15 is 0 Å². The summed E-state index contributed by atoms with van der Waals surface area (Å²) in [7, 11) is 0. The smallest absolute Gasteiger partial charge is 0.295 e. The Kier molecular flexibility index (Phi) is 2.38. The first kappa shape index (κ1) is 9.47. The molecule has 4 nitrogen and oxygen atoms in total. The Labute approximate surface area is 96.3 Å². The zero-order chi connectivity index (χ0) is 10.8. The van der Waals surface area contributed by atoms with Crippen LogP contribution in [-0.2, 0) is 4.84 Å². The van der Waals surface area contributed by atoms with Gasteiger partial charge in [0.15, 0.2) is 11.7 Å². The van der Waals surface area contributed by atoms with Gasteiger partial charge in [-0.15, -0.1) is 0 Å². The second-order valence-electron chi connectivity index (χ2n) is 3.18. The van der Waals surface area contributed by atoms with Crippen LogP contribution in [-0.4, -0.2) is 16.2 Å². The zero-order valence-corrected chi connectivity index (χ0v) is 9.11. The molecule has 0 radical (unpaired) electrons. The number of ether oxygens (including phenoxy) is 1. The van der Waals surface area contributed by atoms with Gasteiger partial charge in [-0.1, -0.05) is 18.2 Å². The van der Waals surface area contributed by atoms with Crippen molar-refractivity contribution in [3.8, 4) is 5.75 Å². The van der Waals surface area contributed by atoms with E-state index in [1.165, 1.54) is 11.8 Å². The molecule has 0 unspecified atom stereocenters. The molecule has 5 heteroatoms. The number of thioether (sulfide) groups is 1. The molecule has 80 valence electrons. The Balaban J connectivity index is 2.02. The molecular weight excluding hydrogens is 224 g/mol. The van der Waals surface area contributed by atoms with Gasteiger partial charge in [-0.3, -0.25) is 4.98 Å². The monoisotopic (exact) mass is 232 g/mol. The van der Waals surface area contributed by atoms with Gasteiger partial charge in [-0.2, -0.15) is 0 Å². The summed E-state index contributed by atoms with van der Waals surface area (Å²) in [5.41, 5.74) is 0.834. The van der Waals surface area contributed by atoms with Crippen LogP contribution >= 0.6 is 11.8 Å². The van der Waals surface area contributed by atoms with Crippen molar-refractivity contribution in [2.45, 2.75) is 0 Å². The number of oxime groups is 1. The van der Waals surface area contributed by atoms with Crippen molar-refractivity contribution in [3.63, 3.8) is 0 Å². The molecule has 2 heterocycles. The van der Waals surface area contributed by atoms with Crippen molar-refractivity contribution in [3.05, 3.63) is 36.5 Å². The molecule has 1 aromatic carbocycles. The molecule has 16 heavy (non-hydrogen) atoms. The number of nitrogens with zero attached hydrogens (tertiary/aromatic N) is 2. The number of hydrogen-bond donors (Lipinski definition) is 0. The minimum Gasteiger partial charge on any atom is -0.429 e. The van der Waals surface area contributed by atoms with E-state index in [1.54, 1.807) is 6.20 Å². The second-order valence-corrected chi connectivity index (χ2v) is 4.06. The van der Waals surface area contributed by atoms with E-state index in [2.05, 4.69) is 10.1 Å². The van der Waals surface area contributed by atoms with Crippen LogP contribution in [0.15, 0.2) is 41.7 Å². The summed E-state index contributed by atoms with van der Waals surface area (Å²) in [6.45, 7) is 0. The highest BCUT2D eigenvalue weighted by atomic mass is 32.2. The van der Waals surface area contributed by atoms with Gasteiger partial charge in [0, 0.05) is 11.6 Å². The minimum atomic E-state index is 0.507. The number of hydrogen-bond acceptors (Lipinski definition) is 5. The molecule has 0 amide bonds. The molecule has 0 spiro atoms. The fourth-order valence-corrected chi connectivity index (χ4v) is 1.94. The molecule has 0 atom stereocenters. The molecule has 1 aromatic heterocycles. The quantitative estimate of drug-likeness (QED) is 0.758. The summed E-state index contributed by atoms with van der Waals surface area (Å²) < 4.78 is 5.61. The van der Waals surface area contributed by atoms with E-state index in [9.17, 15) is 0 Å². The fourth-order valence-electron chi connectivity index (χ4n) is 1.48. The van der Waals surface area contributed by atoms with Crippen molar-refractivity contribution in [2.24, 2.45) is 5.16 Å². The maximum atomic E-state index is 5.61. The van der Waals surface area contributed by atoms with Crippen molar-refractivity contribution in [2.75, 3.05) is 5.94 Å². The maximum absolute atomic E-state index is 5.61. The largest absolute Gasteiger partial charge is 0.429 e. The second kappa shape index (κ2) is 4.02.